The predicted octanol–water partition coefficient (Wildman–Crippen LogP) is 12.2. The molecule has 5 heteroatoms. The number of hydrogen-bond donors (Lipinski definition) is 0. The minimum atomic E-state index is 0.536. The molecule has 0 spiro atoms. The Balaban J connectivity index is 1.33. The summed E-state index contributed by atoms with van der Waals surface area (Å²) >= 11 is 0. The highest BCUT2D eigenvalue weighted by molar-refractivity contribution is 6.12. The maximum atomic E-state index is 10.4. The van der Waals surface area contributed by atoms with Crippen molar-refractivity contribution in [1.29, 1.82) is 5.26 Å². The van der Waals surface area contributed by atoms with E-state index >= 15 is 0 Å². The van der Waals surface area contributed by atoms with E-state index in [1.165, 1.54) is 0 Å². The fourth-order valence-corrected chi connectivity index (χ4v) is 7.49. The first-order chi connectivity index (χ1) is 24.7. The van der Waals surface area contributed by atoms with E-state index in [2.05, 4.69) is 85.6 Å². The van der Waals surface area contributed by atoms with Crippen LogP contribution in [0.3, 0.4) is 0 Å². The molecule has 0 aliphatic rings. The Morgan fingerprint density at radius 2 is 1.06 bits per heavy atom. The van der Waals surface area contributed by atoms with Gasteiger partial charge in [-0.2, -0.15) is 5.26 Å². The van der Waals surface area contributed by atoms with Crippen molar-refractivity contribution in [3.63, 3.8) is 0 Å². The number of aromatic nitrogens is 2. The van der Waals surface area contributed by atoms with E-state index in [4.69, 9.17) is 13.1 Å². The lowest BCUT2D eigenvalue weighted by atomic mass is 9.91. The number of hydrogen-bond acceptors (Lipinski definition) is 1. The molecular formula is C45H25N5. The number of para-hydroxylation sites is 4. The molecular weight excluding hydrogens is 611 g/mol. The van der Waals surface area contributed by atoms with Gasteiger partial charge >= 0.3 is 0 Å². The van der Waals surface area contributed by atoms with E-state index in [-0.39, 0.29) is 0 Å². The lowest BCUT2D eigenvalue weighted by Gasteiger charge is -2.19. The largest absolute Gasteiger partial charge is 0.309 e. The van der Waals surface area contributed by atoms with E-state index in [1.807, 2.05) is 91.0 Å². The smallest absolute Gasteiger partial charge is 0.195 e. The van der Waals surface area contributed by atoms with E-state index in [1.54, 1.807) is 0 Å². The molecule has 0 radical (unpaired) electrons. The van der Waals surface area contributed by atoms with Crippen LogP contribution in [0, 0.1) is 24.5 Å². The normalized spacial score (nSPS) is 11.1. The summed E-state index contributed by atoms with van der Waals surface area (Å²) in [5.74, 6) is 0. The van der Waals surface area contributed by atoms with Crippen molar-refractivity contribution in [3.05, 3.63) is 180 Å². The first-order valence-corrected chi connectivity index (χ1v) is 16.2. The number of benzene rings is 7. The van der Waals surface area contributed by atoms with E-state index in [0.717, 1.165) is 77.2 Å². The Kier molecular flexibility index (Phi) is 6.56. The van der Waals surface area contributed by atoms with Crippen LogP contribution in [0.4, 0.5) is 11.4 Å². The number of nitriles is 1. The maximum absolute atomic E-state index is 10.4. The maximum Gasteiger partial charge on any atom is 0.195 e. The summed E-state index contributed by atoms with van der Waals surface area (Å²) in [6.07, 6.45) is 0. The van der Waals surface area contributed by atoms with Gasteiger partial charge in [-0.15, -0.1) is 0 Å². The van der Waals surface area contributed by atoms with Crippen LogP contribution in [0.5, 0.6) is 0 Å². The van der Waals surface area contributed by atoms with Gasteiger partial charge in [-0.25, -0.2) is 9.69 Å². The van der Waals surface area contributed by atoms with Crippen molar-refractivity contribution in [1.82, 2.24) is 9.13 Å². The molecule has 0 unspecified atom stereocenters. The second kappa shape index (κ2) is 11.4. The molecule has 0 aliphatic heterocycles. The van der Waals surface area contributed by atoms with Crippen molar-refractivity contribution in [2.75, 3.05) is 0 Å². The minimum absolute atomic E-state index is 0.536. The highest BCUT2D eigenvalue weighted by Crippen LogP contribution is 2.45. The predicted molar refractivity (Wildman–Crippen MR) is 203 cm³/mol. The van der Waals surface area contributed by atoms with E-state index < -0.39 is 0 Å². The van der Waals surface area contributed by atoms with Crippen molar-refractivity contribution in [2.24, 2.45) is 0 Å². The van der Waals surface area contributed by atoms with Crippen LogP contribution in [0.15, 0.2) is 152 Å². The zero-order chi connectivity index (χ0) is 33.8. The fraction of sp³-hybridized carbons (Fsp3) is 0. The Morgan fingerprint density at radius 3 is 1.72 bits per heavy atom. The second-order valence-electron chi connectivity index (χ2n) is 12.2. The molecule has 2 heterocycles. The second-order valence-corrected chi connectivity index (χ2v) is 12.2. The molecule has 0 saturated heterocycles. The van der Waals surface area contributed by atoms with Crippen LogP contribution in [0.1, 0.15) is 5.56 Å². The molecule has 0 fully saturated rings. The van der Waals surface area contributed by atoms with E-state index in [9.17, 15) is 5.26 Å². The third-order valence-corrected chi connectivity index (χ3v) is 9.61. The monoisotopic (exact) mass is 635 g/mol. The standard InChI is InChI=1S/C45H25N5/c1-47-31-24-25-43-37(27-31)35-14-5-9-20-41(35)49(43)42-21-10-6-15-36(42)45-32(16-11-17-38(45)48-2)29-22-23-30(28-46)44(26-29)50-39-18-7-3-12-33(39)34-13-4-8-19-40(34)50/h3-27H. The van der Waals surface area contributed by atoms with Gasteiger partial charge in [-0.1, -0.05) is 103 Å². The van der Waals surface area contributed by atoms with Crippen molar-refractivity contribution in [3.8, 4) is 39.7 Å². The van der Waals surface area contributed by atoms with Gasteiger partial charge in [0.1, 0.15) is 6.07 Å². The summed E-state index contributed by atoms with van der Waals surface area (Å²) in [5, 5.41) is 14.7. The topological polar surface area (TPSA) is 42.4 Å². The van der Waals surface area contributed by atoms with Crippen molar-refractivity contribution in [2.45, 2.75) is 0 Å². The Bertz CT molecular complexity index is 2920. The summed E-state index contributed by atoms with van der Waals surface area (Å²) in [4.78, 5) is 7.74. The van der Waals surface area contributed by atoms with Crippen LogP contribution in [-0.2, 0) is 0 Å². The van der Waals surface area contributed by atoms with Gasteiger partial charge < -0.3 is 9.13 Å². The van der Waals surface area contributed by atoms with Crippen molar-refractivity contribution >= 4 is 55.0 Å². The molecule has 230 valence electrons. The molecule has 0 atom stereocenters. The molecule has 5 nitrogen and oxygen atoms in total. The molecule has 0 saturated carbocycles. The molecule has 0 N–H and O–H groups in total. The molecule has 0 amide bonds. The zero-order valence-electron chi connectivity index (χ0n) is 26.7. The fourth-order valence-electron chi connectivity index (χ4n) is 7.49. The molecule has 0 bridgehead atoms. The highest BCUT2D eigenvalue weighted by atomic mass is 15.0. The lowest BCUT2D eigenvalue weighted by Crippen LogP contribution is -2.00. The average molecular weight is 636 g/mol. The van der Waals surface area contributed by atoms with Gasteiger partial charge in [-0.3, -0.25) is 0 Å². The van der Waals surface area contributed by atoms with Gasteiger partial charge in [0.15, 0.2) is 11.4 Å². The third kappa shape index (κ3) is 4.24. The molecule has 2 aromatic heterocycles. The molecule has 9 aromatic rings. The SMILES string of the molecule is [C-]#[N+]c1ccc2c(c1)c1ccccc1n2-c1ccccc1-c1c([N+]#[C-])cccc1-c1ccc(C#N)c(-n2c3ccccc3c3ccccc32)c1. The highest BCUT2D eigenvalue weighted by Gasteiger charge is 2.21. The summed E-state index contributed by atoms with van der Waals surface area (Å²) in [6, 6.07) is 53.1. The quantitative estimate of drug-likeness (QED) is 0.177. The van der Waals surface area contributed by atoms with Crippen LogP contribution < -0.4 is 0 Å². The summed E-state index contributed by atoms with van der Waals surface area (Å²) in [5.41, 5.74) is 11.0. The third-order valence-electron chi connectivity index (χ3n) is 9.61. The molecule has 0 aliphatic carbocycles. The average Bonchev–Trinajstić information content (AvgIpc) is 3.69. The van der Waals surface area contributed by atoms with Crippen LogP contribution in [0.2, 0.25) is 0 Å². The first kappa shape index (κ1) is 28.8. The van der Waals surface area contributed by atoms with Crippen molar-refractivity contribution < 1.29 is 0 Å². The van der Waals surface area contributed by atoms with E-state index in [0.29, 0.717) is 16.9 Å². The Labute approximate surface area is 288 Å². The van der Waals surface area contributed by atoms with Gasteiger partial charge in [0, 0.05) is 16.2 Å². The minimum Gasteiger partial charge on any atom is -0.309 e. The van der Waals surface area contributed by atoms with Gasteiger partial charge in [0.05, 0.1) is 52.1 Å². The number of rotatable bonds is 4. The van der Waals surface area contributed by atoms with Crippen LogP contribution in [0.25, 0.3) is 86.9 Å². The Hall–Kier alpha value is -7.39. The number of fused-ring (bicyclic) bond motifs is 6. The number of nitrogens with zero attached hydrogens (tertiary/aromatic N) is 5. The van der Waals surface area contributed by atoms with Crippen LogP contribution in [-0.4, -0.2) is 9.13 Å². The summed E-state index contributed by atoms with van der Waals surface area (Å²) in [6.45, 7) is 15.9. The molecule has 9 rings (SSSR count). The van der Waals surface area contributed by atoms with Gasteiger partial charge in [0.25, 0.3) is 0 Å². The Morgan fingerprint density at radius 1 is 0.480 bits per heavy atom. The lowest BCUT2D eigenvalue weighted by molar-refractivity contribution is 1.17. The van der Waals surface area contributed by atoms with Gasteiger partial charge in [-0.05, 0) is 76.2 Å². The van der Waals surface area contributed by atoms with Crippen LogP contribution >= 0.6 is 0 Å². The summed E-state index contributed by atoms with van der Waals surface area (Å²) in [7, 11) is 0. The van der Waals surface area contributed by atoms with Gasteiger partial charge in [0.2, 0.25) is 0 Å². The molecule has 7 aromatic carbocycles. The molecule has 50 heavy (non-hydrogen) atoms. The summed E-state index contributed by atoms with van der Waals surface area (Å²) < 4.78 is 4.41. The zero-order valence-corrected chi connectivity index (χ0v) is 26.7. The first-order valence-electron chi connectivity index (χ1n) is 16.2.